The lowest BCUT2D eigenvalue weighted by Crippen LogP contribution is -2.38. The van der Waals surface area contributed by atoms with E-state index in [1.807, 2.05) is 0 Å². The van der Waals surface area contributed by atoms with Crippen LogP contribution in [0.25, 0.3) is 0 Å². The Morgan fingerprint density at radius 1 is 1.31 bits per heavy atom. The number of carbonyl (C=O) groups is 2. The number of H-pyrrole nitrogens is 1. The summed E-state index contributed by atoms with van der Waals surface area (Å²) >= 11 is 1.13. The van der Waals surface area contributed by atoms with Crippen molar-refractivity contribution < 1.29 is 14.3 Å². The minimum absolute atomic E-state index is 0.132. The topological polar surface area (TPSA) is 122 Å². The van der Waals surface area contributed by atoms with Gasteiger partial charge in [-0.05, 0) is 24.4 Å². The van der Waals surface area contributed by atoms with Crippen molar-refractivity contribution in [2.75, 3.05) is 6.54 Å². The molecular weight excluding hydrogens is 356 g/mol. The molecule has 1 unspecified atom stereocenters. The van der Waals surface area contributed by atoms with Gasteiger partial charge in [0.05, 0.1) is 18.4 Å². The van der Waals surface area contributed by atoms with E-state index in [2.05, 4.69) is 30.4 Å². The van der Waals surface area contributed by atoms with E-state index in [1.54, 1.807) is 5.38 Å². The summed E-state index contributed by atoms with van der Waals surface area (Å²) in [5, 5.41) is 18.3. The molecule has 26 heavy (non-hydrogen) atoms. The second-order valence-corrected chi connectivity index (χ2v) is 7.23. The summed E-state index contributed by atoms with van der Waals surface area (Å²) in [5.41, 5.74) is 2.44. The number of aromatic amines is 1. The summed E-state index contributed by atoms with van der Waals surface area (Å²) in [6.45, 7) is 0.683. The summed E-state index contributed by atoms with van der Waals surface area (Å²) in [4.78, 5) is 24.5. The largest absolute Gasteiger partial charge is 0.370 e. The highest BCUT2D eigenvalue weighted by molar-refractivity contribution is 7.03. The number of nitrogens with one attached hydrogen (secondary N) is 3. The summed E-state index contributed by atoms with van der Waals surface area (Å²) in [5.74, 6) is -0.410. The molecule has 1 fully saturated rings. The molecule has 0 aromatic carbocycles. The number of fused-ring (bicyclic) bond motifs is 1. The Labute approximate surface area is 154 Å². The molecule has 2 aromatic heterocycles. The monoisotopic (exact) mass is 376 g/mol. The molecule has 4 rings (SSSR count). The lowest BCUT2D eigenvalue weighted by Gasteiger charge is -2.23. The molecule has 0 radical (unpaired) electrons. The van der Waals surface area contributed by atoms with Gasteiger partial charge in [-0.2, -0.15) is 5.10 Å². The van der Waals surface area contributed by atoms with Gasteiger partial charge in [-0.1, -0.05) is 17.3 Å². The van der Waals surface area contributed by atoms with Crippen molar-refractivity contribution in [1.29, 1.82) is 0 Å². The molecule has 1 atom stereocenters. The fourth-order valence-electron chi connectivity index (χ4n) is 3.43. The average molecular weight is 376 g/mol. The van der Waals surface area contributed by atoms with Crippen molar-refractivity contribution in [3.05, 3.63) is 28.0 Å². The van der Waals surface area contributed by atoms with Crippen molar-refractivity contribution in [3.63, 3.8) is 0 Å². The van der Waals surface area contributed by atoms with E-state index in [0.717, 1.165) is 48.5 Å². The van der Waals surface area contributed by atoms with Gasteiger partial charge in [-0.3, -0.25) is 14.7 Å². The van der Waals surface area contributed by atoms with E-state index < -0.39 is 0 Å². The molecule has 0 saturated heterocycles. The first-order valence-electron chi connectivity index (χ1n) is 8.74. The molecule has 138 valence electrons. The minimum atomic E-state index is -0.278. The van der Waals surface area contributed by atoms with Crippen LogP contribution < -0.4 is 10.6 Å². The molecule has 1 aliphatic carbocycles. The summed E-state index contributed by atoms with van der Waals surface area (Å²) in [6, 6.07) is 0.247. The normalized spacial score (nSPS) is 19.9. The lowest BCUT2D eigenvalue weighted by molar-refractivity contribution is 0.0265. The Bertz CT molecular complexity index is 784. The SMILES string of the molecule is O=C(NCC1Cc2c(C(=O)NC3CCCC3)n[nH]c2CO1)c1csnn1. The molecule has 2 amide bonds. The Morgan fingerprint density at radius 2 is 2.15 bits per heavy atom. The van der Waals surface area contributed by atoms with Crippen LogP contribution >= 0.6 is 11.5 Å². The summed E-state index contributed by atoms with van der Waals surface area (Å²) in [7, 11) is 0. The quantitative estimate of drug-likeness (QED) is 0.710. The number of carbonyl (C=O) groups excluding carboxylic acids is 2. The maximum Gasteiger partial charge on any atom is 0.272 e. The second-order valence-electron chi connectivity index (χ2n) is 6.62. The van der Waals surface area contributed by atoms with Gasteiger partial charge in [0.25, 0.3) is 11.8 Å². The zero-order valence-electron chi connectivity index (χ0n) is 14.2. The first kappa shape index (κ1) is 17.1. The van der Waals surface area contributed by atoms with Crippen LogP contribution in [-0.4, -0.2) is 50.3 Å². The van der Waals surface area contributed by atoms with Crippen LogP contribution in [-0.2, 0) is 17.8 Å². The van der Waals surface area contributed by atoms with E-state index in [4.69, 9.17) is 4.74 Å². The molecule has 3 N–H and O–H groups in total. The van der Waals surface area contributed by atoms with Crippen molar-refractivity contribution in [3.8, 4) is 0 Å². The predicted octanol–water partition coefficient (Wildman–Crippen LogP) is 0.805. The van der Waals surface area contributed by atoms with Crippen molar-refractivity contribution in [2.45, 2.75) is 50.9 Å². The molecule has 9 nitrogen and oxygen atoms in total. The number of aromatic nitrogens is 4. The van der Waals surface area contributed by atoms with Gasteiger partial charge < -0.3 is 15.4 Å². The number of rotatable bonds is 5. The van der Waals surface area contributed by atoms with Crippen LogP contribution in [0.15, 0.2) is 5.38 Å². The highest BCUT2D eigenvalue weighted by Gasteiger charge is 2.29. The van der Waals surface area contributed by atoms with Crippen molar-refractivity contribution >= 4 is 23.3 Å². The zero-order valence-corrected chi connectivity index (χ0v) is 15.0. The van der Waals surface area contributed by atoms with Crippen LogP contribution in [0.1, 0.15) is 57.9 Å². The second kappa shape index (κ2) is 7.50. The highest BCUT2D eigenvalue weighted by Crippen LogP contribution is 2.23. The molecular formula is C16H20N6O3S. The maximum atomic E-state index is 12.5. The van der Waals surface area contributed by atoms with E-state index in [-0.39, 0.29) is 24.0 Å². The van der Waals surface area contributed by atoms with Gasteiger partial charge >= 0.3 is 0 Å². The van der Waals surface area contributed by atoms with Crippen molar-refractivity contribution in [1.82, 2.24) is 30.4 Å². The molecule has 1 saturated carbocycles. The number of nitrogens with zero attached hydrogens (tertiary/aromatic N) is 3. The predicted molar refractivity (Wildman–Crippen MR) is 92.8 cm³/mol. The van der Waals surface area contributed by atoms with Crippen molar-refractivity contribution in [2.24, 2.45) is 0 Å². The average Bonchev–Trinajstić information content (AvgIpc) is 3.39. The first-order chi connectivity index (χ1) is 12.7. The Balaban J connectivity index is 1.37. The fourth-order valence-corrected chi connectivity index (χ4v) is 3.87. The number of hydrogen-bond acceptors (Lipinski definition) is 7. The third-order valence-electron chi connectivity index (χ3n) is 4.84. The molecule has 3 heterocycles. The molecule has 2 aliphatic rings. The first-order valence-corrected chi connectivity index (χ1v) is 9.58. The standard InChI is InChI=1S/C16H20N6O3S/c23-15(13-8-26-22-20-13)17-6-10-5-11-12(7-25-10)19-21-14(11)16(24)18-9-3-1-2-4-9/h8-10H,1-7H2,(H,17,23)(H,18,24)(H,19,21). The van der Waals surface area contributed by atoms with Gasteiger partial charge in [0.2, 0.25) is 0 Å². The van der Waals surface area contributed by atoms with Gasteiger partial charge in [0.1, 0.15) is 0 Å². The summed E-state index contributed by atoms with van der Waals surface area (Å²) < 4.78 is 9.42. The van der Waals surface area contributed by atoms with E-state index in [1.165, 1.54) is 0 Å². The van der Waals surface area contributed by atoms with Gasteiger partial charge in [0, 0.05) is 30.0 Å². The van der Waals surface area contributed by atoms with E-state index in [0.29, 0.717) is 31.0 Å². The third kappa shape index (κ3) is 3.61. The van der Waals surface area contributed by atoms with Crippen LogP contribution in [0, 0.1) is 0 Å². The molecule has 0 bridgehead atoms. The van der Waals surface area contributed by atoms with Gasteiger partial charge in [-0.25, -0.2) is 0 Å². The number of hydrogen-bond donors (Lipinski definition) is 3. The Morgan fingerprint density at radius 3 is 2.92 bits per heavy atom. The van der Waals surface area contributed by atoms with Gasteiger partial charge in [0.15, 0.2) is 11.4 Å². The zero-order chi connectivity index (χ0) is 17.9. The Hall–Kier alpha value is -2.33. The van der Waals surface area contributed by atoms with Crippen LogP contribution in [0.5, 0.6) is 0 Å². The maximum absolute atomic E-state index is 12.5. The fraction of sp³-hybridized carbons (Fsp3) is 0.562. The summed E-state index contributed by atoms with van der Waals surface area (Å²) in [6.07, 6.45) is 4.69. The minimum Gasteiger partial charge on any atom is -0.370 e. The van der Waals surface area contributed by atoms with Crippen LogP contribution in [0.4, 0.5) is 0 Å². The van der Waals surface area contributed by atoms with Gasteiger partial charge in [-0.15, -0.1) is 5.10 Å². The molecule has 2 aromatic rings. The number of amides is 2. The number of ether oxygens (including phenoxy) is 1. The van der Waals surface area contributed by atoms with Crippen LogP contribution in [0.3, 0.4) is 0 Å². The smallest absolute Gasteiger partial charge is 0.272 e. The lowest BCUT2D eigenvalue weighted by atomic mass is 10.0. The molecule has 10 heteroatoms. The van der Waals surface area contributed by atoms with Crippen LogP contribution in [0.2, 0.25) is 0 Å². The Kier molecular flexibility index (Phi) is 4.93. The van der Waals surface area contributed by atoms with E-state index in [9.17, 15) is 9.59 Å². The molecule has 1 aliphatic heterocycles. The molecule has 0 spiro atoms. The third-order valence-corrected chi connectivity index (χ3v) is 5.34. The van der Waals surface area contributed by atoms with E-state index >= 15 is 0 Å². The highest BCUT2D eigenvalue weighted by atomic mass is 32.1.